The van der Waals surface area contributed by atoms with Crippen LogP contribution in [0.4, 0.5) is 0 Å². The highest BCUT2D eigenvalue weighted by molar-refractivity contribution is 5.91. The molecule has 1 aliphatic heterocycles. The van der Waals surface area contributed by atoms with Gasteiger partial charge in [0.05, 0.1) is 18.3 Å². The number of nitrogens with zero attached hydrogens (tertiary/aromatic N) is 3. The second-order valence-corrected chi connectivity index (χ2v) is 6.90. The van der Waals surface area contributed by atoms with Crippen molar-refractivity contribution in [2.45, 2.75) is 25.0 Å². The number of carbonyl (C=O) groups excluding carboxylic acids is 1. The topological polar surface area (TPSA) is 92.1 Å². The molecule has 1 aromatic heterocycles. The van der Waals surface area contributed by atoms with E-state index in [-0.39, 0.29) is 36.6 Å². The van der Waals surface area contributed by atoms with E-state index >= 15 is 0 Å². The number of nitrogens with one attached hydrogen (secondary N) is 2. The molecule has 0 aliphatic carbocycles. The van der Waals surface area contributed by atoms with Crippen molar-refractivity contribution >= 4 is 29.1 Å². The van der Waals surface area contributed by atoms with Crippen molar-refractivity contribution in [1.29, 1.82) is 0 Å². The van der Waals surface area contributed by atoms with Crippen LogP contribution in [0.15, 0.2) is 48.7 Å². The summed E-state index contributed by atoms with van der Waals surface area (Å²) in [6, 6.07) is 14.1. The summed E-state index contributed by atoms with van der Waals surface area (Å²) in [5.41, 5.74) is 1.05. The van der Waals surface area contributed by atoms with Crippen molar-refractivity contribution in [2.24, 2.45) is 0 Å². The van der Waals surface area contributed by atoms with Gasteiger partial charge in [-0.15, -0.1) is 17.5 Å². The first kappa shape index (κ1) is 20.3. The number of carbonyl (C=O) groups is 1. The average molecular weight is 402 g/mol. The third kappa shape index (κ3) is 4.49. The summed E-state index contributed by atoms with van der Waals surface area (Å²) >= 11 is 0. The molecule has 0 radical (unpaired) electrons. The Morgan fingerprint density at radius 3 is 2.75 bits per heavy atom. The molecule has 2 heterocycles. The smallest absolute Gasteiger partial charge is 0.273 e. The molecule has 1 unspecified atom stereocenters. The molecule has 1 aliphatic rings. The number of benzene rings is 2. The van der Waals surface area contributed by atoms with E-state index < -0.39 is 6.10 Å². The van der Waals surface area contributed by atoms with Gasteiger partial charge in [0.2, 0.25) is 0 Å². The molecule has 7 nitrogen and oxygen atoms in total. The Hall–Kier alpha value is -2.48. The van der Waals surface area contributed by atoms with Crippen LogP contribution in [0.5, 0.6) is 0 Å². The zero-order valence-electron chi connectivity index (χ0n) is 15.4. The molecule has 148 valence electrons. The third-order valence-corrected chi connectivity index (χ3v) is 5.04. The zero-order valence-corrected chi connectivity index (χ0v) is 16.2. The normalized spacial score (nSPS) is 15.8. The number of hydrogen-bond donors (Lipinski definition) is 3. The molecule has 2 aromatic carbocycles. The highest BCUT2D eigenvalue weighted by Crippen LogP contribution is 2.20. The van der Waals surface area contributed by atoms with Gasteiger partial charge in [-0.3, -0.25) is 4.79 Å². The predicted octanol–water partition coefficient (Wildman–Crippen LogP) is 2.24. The van der Waals surface area contributed by atoms with Crippen LogP contribution in [0.1, 0.15) is 41.0 Å². The second kappa shape index (κ2) is 9.14. The molecule has 28 heavy (non-hydrogen) atoms. The fraction of sp³-hybridized carbons (Fsp3) is 0.350. The van der Waals surface area contributed by atoms with Crippen molar-refractivity contribution in [3.05, 3.63) is 59.9 Å². The summed E-state index contributed by atoms with van der Waals surface area (Å²) < 4.78 is 1.77. The van der Waals surface area contributed by atoms with E-state index in [2.05, 4.69) is 20.9 Å². The van der Waals surface area contributed by atoms with Gasteiger partial charge in [-0.1, -0.05) is 41.6 Å². The van der Waals surface area contributed by atoms with E-state index in [4.69, 9.17) is 0 Å². The van der Waals surface area contributed by atoms with Gasteiger partial charge in [0.25, 0.3) is 5.91 Å². The van der Waals surface area contributed by atoms with Crippen molar-refractivity contribution in [1.82, 2.24) is 25.6 Å². The van der Waals surface area contributed by atoms with Crippen LogP contribution in [0, 0.1) is 0 Å². The fourth-order valence-corrected chi connectivity index (χ4v) is 3.44. The van der Waals surface area contributed by atoms with E-state index in [1.165, 1.54) is 0 Å². The third-order valence-electron chi connectivity index (χ3n) is 5.04. The Bertz CT molecular complexity index is 939. The summed E-state index contributed by atoms with van der Waals surface area (Å²) in [7, 11) is 0. The Labute approximate surface area is 169 Å². The van der Waals surface area contributed by atoms with Crippen LogP contribution in [0.3, 0.4) is 0 Å². The molecule has 3 N–H and O–H groups in total. The Morgan fingerprint density at radius 1 is 1.21 bits per heavy atom. The molecule has 0 saturated carbocycles. The SMILES string of the molecule is Cl.O=C(NCC(O)c1ccc2ccccc2c1)c1cn(C2CCNCC2)nn1. The highest BCUT2D eigenvalue weighted by Gasteiger charge is 2.19. The molecule has 8 heteroatoms. The molecular formula is C20H24ClN5O2. The van der Waals surface area contributed by atoms with Crippen molar-refractivity contribution < 1.29 is 9.90 Å². The van der Waals surface area contributed by atoms with E-state index in [0.29, 0.717) is 0 Å². The second-order valence-electron chi connectivity index (χ2n) is 6.90. The van der Waals surface area contributed by atoms with Crippen LogP contribution >= 0.6 is 12.4 Å². The summed E-state index contributed by atoms with van der Waals surface area (Å²) in [6.45, 7) is 2.02. The van der Waals surface area contributed by atoms with Crippen LogP contribution in [0.2, 0.25) is 0 Å². The lowest BCUT2D eigenvalue weighted by Gasteiger charge is -2.22. The standard InChI is InChI=1S/C20H23N5O2.ClH/c26-19(16-6-5-14-3-1-2-4-15(14)11-16)12-22-20(27)18-13-25(24-23-18)17-7-9-21-10-8-17;/h1-6,11,13,17,19,21,26H,7-10,12H2,(H,22,27);1H. The van der Waals surface area contributed by atoms with Gasteiger partial charge in [0.1, 0.15) is 0 Å². The van der Waals surface area contributed by atoms with Gasteiger partial charge < -0.3 is 15.7 Å². The highest BCUT2D eigenvalue weighted by atomic mass is 35.5. The number of halogens is 1. The number of aromatic nitrogens is 3. The molecule has 3 aromatic rings. The van der Waals surface area contributed by atoms with Crippen LogP contribution in [0.25, 0.3) is 10.8 Å². The molecule has 0 spiro atoms. The first-order chi connectivity index (χ1) is 13.2. The zero-order chi connectivity index (χ0) is 18.6. The van der Waals surface area contributed by atoms with E-state index in [0.717, 1.165) is 42.3 Å². The largest absolute Gasteiger partial charge is 0.387 e. The first-order valence-electron chi connectivity index (χ1n) is 9.28. The number of aliphatic hydroxyl groups is 1. The van der Waals surface area contributed by atoms with Gasteiger partial charge in [0.15, 0.2) is 5.69 Å². The maximum absolute atomic E-state index is 12.3. The van der Waals surface area contributed by atoms with Crippen LogP contribution < -0.4 is 10.6 Å². The van der Waals surface area contributed by atoms with E-state index in [1.54, 1.807) is 10.9 Å². The molecule has 1 amide bonds. The molecule has 1 atom stereocenters. The minimum absolute atomic E-state index is 0. The minimum Gasteiger partial charge on any atom is -0.387 e. The number of amides is 1. The molecule has 1 fully saturated rings. The lowest BCUT2D eigenvalue weighted by atomic mass is 10.0. The van der Waals surface area contributed by atoms with Crippen molar-refractivity contribution in [3.63, 3.8) is 0 Å². The van der Waals surface area contributed by atoms with Gasteiger partial charge in [-0.2, -0.15) is 0 Å². The number of aliphatic hydroxyl groups excluding tert-OH is 1. The number of piperidine rings is 1. The van der Waals surface area contributed by atoms with E-state index in [1.807, 2.05) is 42.5 Å². The molecule has 4 rings (SSSR count). The van der Waals surface area contributed by atoms with Gasteiger partial charge >= 0.3 is 0 Å². The maximum Gasteiger partial charge on any atom is 0.273 e. The van der Waals surface area contributed by atoms with Crippen molar-refractivity contribution in [2.75, 3.05) is 19.6 Å². The number of rotatable bonds is 5. The maximum atomic E-state index is 12.3. The average Bonchev–Trinajstić information content (AvgIpc) is 3.22. The molecule has 1 saturated heterocycles. The quantitative estimate of drug-likeness (QED) is 0.609. The van der Waals surface area contributed by atoms with Crippen molar-refractivity contribution in [3.8, 4) is 0 Å². The molecular weight excluding hydrogens is 378 g/mol. The summed E-state index contributed by atoms with van der Waals surface area (Å²) in [6.07, 6.45) is 2.86. The number of hydrogen-bond acceptors (Lipinski definition) is 5. The Morgan fingerprint density at radius 2 is 1.96 bits per heavy atom. The Balaban J connectivity index is 0.00000225. The first-order valence-corrected chi connectivity index (χ1v) is 9.28. The van der Waals surface area contributed by atoms with Gasteiger partial charge in [0, 0.05) is 6.54 Å². The predicted molar refractivity (Wildman–Crippen MR) is 110 cm³/mol. The molecule has 0 bridgehead atoms. The van der Waals surface area contributed by atoms with Gasteiger partial charge in [-0.25, -0.2) is 4.68 Å². The summed E-state index contributed by atoms with van der Waals surface area (Å²) in [5.74, 6) is -0.324. The number of fused-ring (bicyclic) bond motifs is 1. The minimum atomic E-state index is -0.780. The summed E-state index contributed by atoms with van der Waals surface area (Å²) in [5, 5.41) is 26.7. The monoisotopic (exact) mass is 401 g/mol. The Kier molecular flexibility index (Phi) is 6.61. The van der Waals surface area contributed by atoms with Gasteiger partial charge in [-0.05, 0) is 48.3 Å². The summed E-state index contributed by atoms with van der Waals surface area (Å²) in [4.78, 5) is 12.3. The lowest BCUT2D eigenvalue weighted by Crippen LogP contribution is -2.30. The van der Waals surface area contributed by atoms with E-state index in [9.17, 15) is 9.90 Å². The fourth-order valence-electron chi connectivity index (χ4n) is 3.44. The van der Waals surface area contributed by atoms with Crippen LogP contribution in [-0.2, 0) is 0 Å². The van der Waals surface area contributed by atoms with Crippen LogP contribution in [-0.4, -0.2) is 45.6 Å². The lowest BCUT2D eigenvalue weighted by molar-refractivity contribution is 0.0911.